The summed E-state index contributed by atoms with van der Waals surface area (Å²) in [4.78, 5) is 36.5. The number of aromatic hydroxyl groups is 1. The van der Waals surface area contributed by atoms with Crippen molar-refractivity contribution in [1.82, 2.24) is 5.32 Å². The van der Waals surface area contributed by atoms with Gasteiger partial charge >= 0.3 is 5.97 Å². The van der Waals surface area contributed by atoms with Crippen LogP contribution in [0.1, 0.15) is 23.1 Å². The third-order valence-electron chi connectivity index (χ3n) is 5.17. The van der Waals surface area contributed by atoms with Crippen molar-refractivity contribution in [2.45, 2.75) is 31.7 Å². The predicted octanol–water partition coefficient (Wildman–Crippen LogP) is 1.16. The molecular weight excluding hydrogens is 360 g/mol. The molecule has 0 saturated carbocycles. The number of hydrogen-bond donors (Lipinski definition) is 4. The third-order valence-corrected chi connectivity index (χ3v) is 5.17. The molecule has 2 aromatic rings. The minimum absolute atomic E-state index is 0.0903. The van der Waals surface area contributed by atoms with Crippen molar-refractivity contribution >= 4 is 17.8 Å². The molecule has 5 N–H and O–H groups in total. The molecule has 2 aromatic carbocycles. The maximum atomic E-state index is 13.1. The first-order chi connectivity index (χ1) is 13.3. The summed E-state index contributed by atoms with van der Waals surface area (Å²) in [6.07, 6.45) is 0.410. The number of primary amides is 1. The number of nitrogens with two attached hydrogens (primary N) is 1. The SMILES string of the molecule is NC(=O)C(Cc1ccc(O)cc1)NC(=O)C1(CC(=O)O)Cc2ccccc2C1. The normalized spacial score (nSPS) is 15.4. The van der Waals surface area contributed by atoms with Crippen LogP contribution in [0.4, 0.5) is 0 Å². The molecule has 7 heteroatoms. The van der Waals surface area contributed by atoms with Crippen LogP contribution in [-0.2, 0) is 33.6 Å². The number of nitrogens with one attached hydrogen (secondary N) is 1. The van der Waals surface area contributed by atoms with Gasteiger partial charge in [-0.25, -0.2) is 0 Å². The number of rotatable bonds is 7. The first kappa shape index (κ1) is 19.4. The summed E-state index contributed by atoms with van der Waals surface area (Å²) in [5.74, 6) is -2.18. The molecular formula is C21H22N2O5. The van der Waals surface area contributed by atoms with E-state index in [1.54, 1.807) is 12.1 Å². The van der Waals surface area contributed by atoms with Gasteiger partial charge in [0, 0.05) is 6.42 Å². The fourth-order valence-corrected chi connectivity index (χ4v) is 3.75. The Kier molecular flexibility index (Phi) is 5.35. The zero-order chi connectivity index (χ0) is 20.3. The second-order valence-corrected chi connectivity index (χ2v) is 7.27. The van der Waals surface area contributed by atoms with Gasteiger partial charge in [-0.15, -0.1) is 0 Å². The Labute approximate surface area is 162 Å². The second kappa shape index (κ2) is 7.72. The number of carbonyl (C=O) groups is 3. The first-order valence-electron chi connectivity index (χ1n) is 8.96. The number of amides is 2. The smallest absolute Gasteiger partial charge is 0.304 e. The number of carbonyl (C=O) groups excluding carboxylic acids is 2. The summed E-state index contributed by atoms with van der Waals surface area (Å²) < 4.78 is 0. The summed E-state index contributed by atoms with van der Waals surface area (Å²) in [5.41, 5.74) is 6.90. The largest absolute Gasteiger partial charge is 0.508 e. The van der Waals surface area contributed by atoms with Crippen molar-refractivity contribution in [1.29, 1.82) is 0 Å². The van der Waals surface area contributed by atoms with Crippen LogP contribution >= 0.6 is 0 Å². The zero-order valence-electron chi connectivity index (χ0n) is 15.2. The van der Waals surface area contributed by atoms with Gasteiger partial charge in [0.1, 0.15) is 11.8 Å². The van der Waals surface area contributed by atoms with Crippen molar-refractivity contribution in [2.24, 2.45) is 11.1 Å². The van der Waals surface area contributed by atoms with E-state index in [9.17, 15) is 24.6 Å². The molecule has 1 aliphatic rings. The van der Waals surface area contributed by atoms with Gasteiger partial charge in [0.2, 0.25) is 11.8 Å². The lowest BCUT2D eigenvalue weighted by Crippen LogP contribution is -2.52. The average molecular weight is 382 g/mol. The van der Waals surface area contributed by atoms with E-state index in [0.29, 0.717) is 18.4 Å². The first-order valence-corrected chi connectivity index (χ1v) is 8.96. The van der Waals surface area contributed by atoms with Gasteiger partial charge in [-0.2, -0.15) is 0 Å². The number of phenolic OH excluding ortho intramolecular Hbond substituents is 1. The topological polar surface area (TPSA) is 130 Å². The fourth-order valence-electron chi connectivity index (χ4n) is 3.75. The summed E-state index contributed by atoms with van der Waals surface area (Å²) in [6, 6.07) is 12.7. The van der Waals surface area contributed by atoms with E-state index in [1.807, 2.05) is 24.3 Å². The molecule has 146 valence electrons. The van der Waals surface area contributed by atoms with Gasteiger partial charge in [0.15, 0.2) is 0 Å². The Hall–Kier alpha value is -3.35. The van der Waals surface area contributed by atoms with Gasteiger partial charge < -0.3 is 21.3 Å². The van der Waals surface area contributed by atoms with Gasteiger partial charge in [-0.3, -0.25) is 14.4 Å². The average Bonchev–Trinajstić information content (AvgIpc) is 3.01. The summed E-state index contributed by atoms with van der Waals surface area (Å²) >= 11 is 0. The highest BCUT2D eigenvalue weighted by atomic mass is 16.4. The minimum Gasteiger partial charge on any atom is -0.508 e. The van der Waals surface area contributed by atoms with Crippen LogP contribution in [0.25, 0.3) is 0 Å². The van der Waals surface area contributed by atoms with Crippen LogP contribution in [0.3, 0.4) is 0 Å². The maximum Gasteiger partial charge on any atom is 0.304 e. The molecule has 1 aliphatic carbocycles. The number of hydrogen-bond acceptors (Lipinski definition) is 4. The van der Waals surface area contributed by atoms with E-state index in [1.165, 1.54) is 12.1 Å². The molecule has 0 spiro atoms. The number of phenols is 1. The number of benzene rings is 2. The van der Waals surface area contributed by atoms with E-state index in [2.05, 4.69) is 5.32 Å². The van der Waals surface area contributed by atoms with Crippen LogP contribution in [-0.4, -0.2) is 34.0 Å². The van der Waals surface area contributed by atoms with Crippen LogP contribution in [0.2, 0.25) is 0 Å². The molecule has 0 fully saturated rings. The number of carboxylic acid groups (broad SMARTS) is 1. The van der Waals surface area contributed by atoms with E-state index in [0.717, 1.165) is 11.1 Å². The monoisotopic (exact) mass is 382 g/mol. The lowest BCUT2D eigenvalue weighted by atomic mass is 9.80. The number of carboxylic acids is 1. The molecule has 1 atom stereocenters. The molecule has 1 unspecified atom stereocenters. The summed E-state index contributed by atoms with van der Waals surface area (Å²) in [7, 11) is 0. The molecule has 7 nitrogen and oxygen atoms in total. The maximum absolute atomic E-state index is 13.1. The third kappa shape index (κ3) is 4.14. The van der Waals surface area contributed by atoms with Crippen LogP contribution in [0.5, 0.6) is 5.75 Å². The lowest BCUT2D eigenvalue weighted by Gasteiger charge is -2.28. The van der Waals surface area contributed by atoms with E-state index >= 15 is 0 Å². The Bertz CT molecular complexity index is 882. The molecule has 0 bridgehead atoms. The summed E-state index contributed by atoms with van der Waals surface area (Å²) in [5, 5.41) is 21.4. The molecule has 2 amide bonds. The molecule has 0 aliphatic heterocycles. The lowest BCUT2D eigenvalue weighted by molar-refractivity contribution is -0.145. The second-order valence-electron chi connectivity index (χ2n) is 7.27. The van der Waals surface area contributed by atoms with E-state index in [4.69, 9.17) is 5.73 Å². The Morgan fingerprint density at radius 2 is 1.61 bits per heavy atom. The van der Waals surface area contributed by atoms with Gasteiger partial charge in [-0.1, -0.05) is 36.4 Å². The van der Waals surface area contributed by atoms with Crippen molar-refractivity contribution in [2.75, 3.05) is 0 Å². The van der Waals surface area contributed by atoms with E-state index in [-0.39, 0.29) is 18.6 Å². The molecule has 0 heterocycles. The van der Waals surface area contributed by atoms with Gasteiger partial charge in [-0.05, 0) is 41.7 Å². The molecule has 0 radical (unpaired) electrons. The Balaban J connectivity index is 1.81. The Morgan fingerprint density at radius 1 is 1.04 bits per heavy atom. The molecule has 0 aromatic heterocycles. The molecule has 28 heavy (non-hydrogen) atoms. The quantitative estimate of drug-likeness (QED) is 0.571. The highest BCUT2D eigenvalue weighted by Gasteiger charge is 2.46. The molecule has 0 saturated heterocycles. The fraction of sp³-hybridized carbons (Fsp3) is 0.286. The van der Waals surface area contributed by atoms with Crippen molar-refractivity contribution in [3.05, 3.63) is 65.2 Å². The van der Waals surface area contributed by atoms with Crippen LogP contribution in [0, 0.1) is 5.41 Å². The highest BCUT2D eigenvalue weighted by molar-refractivity contribution is 5.92. The van der Waals surface area contributed by atoms with Crippen LogP contribution < -0.4 is 11.1 Å². The number of fused-ring (bicyclic) bond motifs is 1. The minimum atomic E-state index is -1.15. The number of aliphatic carboxylic acids is 1. The Morgan fingerprint density at radius 3 is 2.11 bits per heavy atom. The van der Waals surface area contributed by atoms with E-state index < -0.39 is 29.2 Å². The predicted molar refractivity (Wildman–Crippen MR) is 101 cm³/mol. The standard InChI is InChI=1S/C21H22N2O5/c22-19(27)17(9-13-5-7-16(24)8-6-13)23-20(28)21(12-18(25)26)10-14-3-1-2-4-15(14)11-21/h1-8,17,24H,9-12H2,(H2,22,27)(H,23,28)(H,25,26). The van der Waals surface area contributed by atoms with Gasteiger partial charge in [0.25, 0.3) is 0 Å². The van der Waals surface area contributed by atoms with Crippen molar-refractivity contribution < 1.29 is 24.6 Å². The molecule has 3 rings (SSSR count). The van der Waals surface area contributed by atoms with Crippen LogP contribution in [0.15, 0.2) is 48.5 Å². The van der Waals surface area contributed by atoms with Gasteiger partial charge in [0.05, 0.1) is 11.8 Å². The highest BCUT2D eigenvalue weighted by Crippen LogP contribution is 2.40. The van der Waals surface area contributed by atoms with Crippen molar-refractivity contribution in [3.63, 3.8) is 0 Å². The van der Waals surface area contributed by atoms with Crippen molar-refractivity contribution in [3.8, 4) is 5.75 Å². The summed E-state index contributed by atoms with van der Waals surface area (Å²) in [6.45, 7) is 0. The zero-order valence-corrected chi connectivity index (χ0v) is 15.2.